The molecule has 0 atom stereocenters. The van der Waals surface area contributed by atoms with Crippen LogP contribution < -0.4 is 10.6 Å². The summed E-state index contributed by atoms with van der Waals surface area (Å²) in [6.45, 7) is 4.14. The molecule has 19 heavy (non-hydrogen) atoms. The summed E-state index contributed by atoms with van der Waals surface area (Å²) in [7, 11) is 0. The number of carbonyl (C=O) groups is 2. The lowest BCUT2D eigenvalue weighted by atomic mass is 10.1. The Morgan fingerprint density at radius 3 is 2.58 bits per heavy atom. The van der Waals surface area contributed by atoms with Crippen LogP contribution in [0, 0.1) is 0 Å². The Balaban J connectivity index is 2.62. The lowest BCUT2D eigenvalue weighted by Gasteiger charge is -2.05. The quantitative estimate of drug-likeness (QED) is 0.811. The topological polar surface area (TPSA) is 58.2 Å². The van der Waals surface area contributed by atoms with Crippen LogP contribution in [0.3, 0.4) is 0 Å². The molecule has 0 aliphatic carbocycles. The van der Waals surface area contributed by atoms with Crippen molar-refractivity contribution in [3.05, 3.63) is 40.9 Å². The van der Waals surface area contributed by atoms with E-state index >= 15 is 0 Å². The first-order valence-electron chi connectivity index (χ1n) is 6.02. The third-order valence-corrected chi connectivity index (χ3v) is 2.77. The molecule has 0 radical (unpaired) electrons. The van der Waals surface area contributed by atoms with Crippen molar-refractivity contribution in [3.63, 3.8) is 0 Å². The molecule has 1 aromatic carbocycles. The molecule has 1 rings (SSSR count). The van der Waals surface area contributed by atoms with Gasteiger partial charge in [-0.25, -0.2) is 0 Å². The summed E-state index contributed by atoms with van der Waals surface area (Å²) in [6, 6.07) is 7.28. The van der Waals surface area contributed by atoms with E-state index < -0.39 is 0 Å². The summed E-state index contributed by atoms with van der Waals surface area (Å²) in [4.78, 5) is 22.8. The first kappa shape index (κ1) is 15.2. The Kier molecular flexibility index (Phi) is 6.09. The van der Waals surface area contributed by atoms with Crippen LogP contribution in [-0.4, -0.2) is 24.9 Å². The Hall–Kier alpha value is -1.81. The van der Waals surface area contributed by atoms with Crippen molar-refractivity contribution >= 4 is 29.0 Å². The van der Waals surface area contributed by atoms with Crippen molar-refractivity contribution in [3.8, 4) is 0 Å². The first-order chi connectivity index (χ1) is 9.04. The number of carbonyl (C=O) groups excluding carboxylic acids is 2. The summed E-state index contributed by atoms with van der Waals surface area (Å²) >= 11 is 6.03. The molecule has 2 amide bonds. The van der Waals surface area contributed by atoms with Crippen LogP contribution in [-0.2, 0) is 9.59 Å². The molecule has 102 valence electrons. The fraction of sp³-hybridized carbons (Fsp3) is 0.286. The molecule has 0 aliphatic rings. The van der Waals surface area contributed by atoms with Gasteiger partial charge in [-0.1, -0.05) is 29.8 Å². The maximum absolute atomic E-state index is 11.6. The van der Waals surface area contributed by atoms with Crippen LogP contribution >= 0.6 is 11.6 Å². The molecule has 1 aromatic rings. The third kappa shape index (κ3) is 5.14. The molecule has 2 N–H and O–H groups in total. The summed E-state index contributed by atoms with van der Waals surface area (Å²) < 4.78 is 0. The largest absolute Gasteiger partial charge is 0.355 e. The third-order valence-electron chi connectivity index (χ3n) is 2.44. The van der Waals surface area contributed by atoms with Gasteiger partial charge in [0.05, 0.1) is 6.54 Å². The van der Waals surface area contributed by atoms with E-state index in [1.54, 1.807) is 13.0 Å². The molecule has 0 spiro atoms. The number of hydrogen-bond donors (Lipinski definition) is 2. The van der Waals surface area contributed by atoms with Crippen molar-refractivity contribution in [1.82, 2.24) is 10.6 Å². The molecule has 0 fully saturated rings. The van der Waals surface area contributed by atoms with Crippen molar-refractivity contribution in [1.29, 1.82) is 0 Å². The Morgan fingerprint density at radius 1 is 1.26 bits per heavy atom. The van der Waals surface area contributed by atoms with E-state index in [0.717, 1.165) is 11.1 Å². The highest BCUT2D eigenvalue weighted by Crippen LogP contribution is 2.22. The predicted molar refractivity (Wildman–Crippen MR) is 76.8 cm³/mol. The second-order valence-electron chi connectivity index (χ2n) is 3.98. The Labute approximate surface area is 117 Å². The molecule has 0 aliphatic heterocycles. The number of allylic oxidation sites excluding steroid dienone is 1. The SMILES string of the molecule is CCNC(=O)CNC(=O)/C=C(\C)c1ccccc1Cl. The smallest absolute Gasteiger partial charge is 0.244 e. The minimum atomic E-state index is -0.316. The number of rotatable bonds is 5. The second kappa shape index (κ2) is 7.59. The van der Waals surface area contributed by atoms with Gasteiger partial charge in [0.25, 0.3) is 0 Å². The lowest BCUT2D eigenvalue weighted by Crippen LogP contribution is -2.36. The second-order valence-corrected chi connectivity index (χ2v) is 4.39. The summed E-state index contributed by atoms with van der Waals surface area (Å²) in [5.41, 5.74) is 1.55. The maximum atomic E-state index is 11.6. The average molecular weight is 281 g/mol. The summed E-state index contributed by atoms with van der Waals surface area (Å²) in [5.74, 6) is -0.525. The minimum Gasteiger partial charge on any atom is -0.355 e. The number of benzene rings is 1. The van der Waals surface area contributed by atoms with Gasteiger partial charge in [0.15, 0.2) is 0 Å². The first-order valence-corrected chi connectivity index (χ1v) is 6.40. The molecule has 0 unspecified atom stereocenters. The van der Waals surface area contributed by atoms with Crippen molar-refractivity contribution in [2.45, 2.75) is 13.8 Å². The van der Waals surface area contributed by atoms with Crippen LogP contribution in [0.4, 0.5) is 0 Å². The van der Waals surface area contributed by atoms with E-state index in [1.807, 2.05) is 25.1 Å². The molecular formula is C14H17ClN2O2. The normalized spacial score (nSPS) is 11.0. The van der Waals surface area contributed by atoms with E-state index in [1.165, 1.54) is 6.08 Å². The fourth-order valence-corrected chi connectivity index (χ4v) is 1.82. The Morgan fingerprint density at radius 2 is 1.95 bits per heavy atom. The van der Waals surface area contributed by atoms with Crippen molar-refractivity contribution in [2.75, 3.05) is 13.1 Å². The zero-order valence-corrected chi connectivity index (χ0v) is 11.8. The van der Waals surface area contributed by atoms with E-state index in [4.69, 9.17) is 11.6 Å². The van der Waals surface area contributed by atoms with Gasteiger partial charge in [-0.3, -0.25) is 9.59 Å². The van der Waals surface area contributed by atoms with Gasteiger partial charge in [-0.2, -0.15) is 0 Å². The Bertz CT molecular complexity index is 498. The van der Waals surface area contributed by atoms with Crippen LogP contribution in [0.15, 0.2) is 30.3 Å². The molecule has 0 bridgehead atoms. The fourth-order valence-electron chi connectivity index (χ4n) is 1.53. The van der Waals surface area contributed by atoms with Crippen LogP contribution in [0.2, 0.25) is 5.02 Å². The molecule has 5 heteroatoms. The van der Waals surface area contributed by atoms with Gasteiger partial charge >= 0.3 is 0 Å². The zero-order chi connectivity index (χ0) is 14.3. The zero-order valence-electron chi connectivity index (χ0n) is 11.0. The van der Waals surface area contributed by atoms with Gasteiger partial charge in [-0.05, 0) is 31.1 Å². The molecular weight excluding hydrogens is 264 g/mol. The summed E-state index contributed by atoms with van der Waals surface area (Å²) in [5, 5.41) is 5.71. The minimum absolute atomic E-state index is 0.0288. The highest BCUT2D eigenvalue weighted by Gasteiger charge is 2.05. The van der Waals surface area contributed by atoms with Crippen LogP contribution in [0.25, 0.3) is 5.57 Å². The number of nitrogens with one attached hydrogen (secondary N) is 2. The maximum Gasteiger partial charge on any atom is 0.244 e. The predicted octanol–water partition coefficient (Wildman–Crippen LogP) is 2.00. The molecule has 0 aromatic heterocycles. The van der Waals surface area contributed by atoms with Crippen LogP contribution in [0.1, 0.15) is 19.4 Å². The van der Waals surface area contributed by atoms with Gasteiger partial charge in [0, 0.05) is 17.6 Å². The number of likely N-dealkylation sites (N-methyl/N-ethyl adjacent to an activating group) is 1. The summed E-state index contributed by atoms with van der Waals surface area (Å²) in [6.07, 6.45) is 1.43. The molecule has 0 saturated carbocycles. The van der Waals surface area contributed by atoms with Crippen molar-refractivity contribution < 1.29 is 9.59 Å². The van der Waals surface area contributed by atoms with Gasteiger partial charge < -0.3 is 10.6 Å². The van der Waals surface area contributed by atoms with E-state index in [9.17, 15) is 9.59 Å². The lowest BCUT2D eigenvalue weighted by molar-refractivity contribution is -0.123. The van der Waals surface area contributed by atoms with E-state index in [2.05, 4.69) is 10.6 Å². The van der Waals surface area contributed by atoms with Gasteiger partial charge in [-0.15, -0.1) is 0 Å². The molecule has 4 nitrogen and oxygen atoms in total. The number of hydrogen-bond acceptors (Lipinski definition) is 2. The van der Waals surface area contributed by atoms with Crippen molar-refractivity contribution in [2.24, 2.45) is 0 Å². The standard InChI is InChI=1S/C14H17ClN2O2/c1-3-16-14(19)9-17-13(18)8-10(2)11-6-4-5-7-12(11)15/h4-8H,3,9H2,1-2H3,(H,16,19)(H,17,18)/b10-8+. The highest BCUT2D eigenvalue weighted by molar-refractivity contribution is 6.32. The van der Waals surface area contributed by atoms with E-state index in [0.29, 0.717) is 11.6 Å². The molecule has 0 saturated heterocycles. The monoisotopic (exact) mass is 280 g/mol. The number of halogens is 1. The van der Waals surface area contributed by atoms with E-state index in [-0.39, 0.29) is 18.4 Å². The van der Waals surface area contributed by atoms with Gasteiger partial charge in [0.1, 0.15) is 0 Å². The molecule has 0 heterocycles. The van der Waals surface area contributed by atoms with Crippen LogP contribution in [0.5, 0.6) is 0 Å². The highest BCUT2D eigenvalue weighted by atomic mass is 35.5. The average Bonchev–Trinajstić information content (AvgIpc) is 2.37. The van der Waals surface area contributed by atoms with Gasteiger partial charge in [0.2, 0.25) is 11.8 Å². The number of amides is 2.